The van der Waals surface area contributed by atoms with Gasteiger partial charge in [0.15, 0.2) is 5.82 Å². The molecule has 31 heavy (non-hydrogen) atoms. The number of anilines is 1. The van der Waals surface area contributed by atoms with Crippen molar-refractivity contribution in [3.05, 3.63) is 60.4 Å². The number of hydrogen-bond acceptors (Lipinski definition) is 8. The zero-order valence-electron chi connectivity index (χ0n) is 16.5. The van der Waals surface area contributed by atoms with Gasteiger partial charge in [-0.15, -0.1) is 0 Å². The fourth-order valence-corrected chi connectivity index (χ4v) is 2.54. The Balaban J connectivity index is 1.85. The molecule has 0 fully saturated rings. The average Bonchev–Trinajstić information content (AvgIpc) is 2.74. The van der Waals surface area contributed by atoms with Gasteiger partial charge in [-0.25, -0.2) is 19.0 Å². The lowest BCUT2D eigenvalue weighted by molar-refractivity contribution is -0.141. The maximum atomic E-state index is 13.0. The molecule has 1 atom stereocenters. The van der Waals surface area contributed by atoms with Crippen molar-refractivity contribution < 1.29 is 33.3 Å². The summed E-state index contributed by atoms with van der Waals surface area (Å²) in [4.78, 5) is 31.0. The van der Waals surface area contributed by atoms with Crippen molar-refractivity contribution >= 4 is 17.9 Å². The second kappa shape index (κ2) is 9.53. The van der Waals surface area contributed by atoms with Crippen LogP contribution in [0.1, 0.15) is 6.92 Å². The average molecular weight is 427 g/mol. The summed E-state index contributed by atoms with van der Waals surface area (Å²) in [6.45, 7) is 1.56. The Hall–Kier alpha value is -4.21. The summed E-state index contributed by atoms with van der Waals surface area (Å²) in [5, 5.41) is 11.7. The van der Waals surface area contributed by atoms with Crippen molar-refractivity contribution in [2.24, 2.45) is 0 Å². The third kappa shape index (κ3) is 5.89. The minimum atomic E-state index is -1.54. The number of nitrogens with one attached hydrogen (secondary N) is 1. The Kier molecular flexibility index (Phi) is 6.61. The zero-order valence-corrected chi connectivity index (χ0v) is 16.5. The van der Waals surface area contributed by atoms with E-state index in [-0.39, 0.29) is 23.3 Å². The number of carbonyl (C=O) groups is 2. The van der Waals surface area contributed by atoms with Gasteiger partial charge in [-0.2, -0.15) is 4.98 Å². The minimum absolute atomic E-state index is 0.159. The van der Waals surface area contributed by atoms with E-state index in [4.69, 9.17) is 9.84 Å². The Bertz CT molecular complexity index is 1070. The van der Waals surface area contributed by atoms with Crippen LogP contribution in [0.3, 0.4) is 0 Å². The SMILES string of the molecule is COC(=O)[C@H](C)Nc1cc(OC(=O)O)nc(-c2ccc(Oc3ccc(F)cc3)cc2)n1. The number of ether oxygens (including phenoxy) is 3. The molecule has 0 aliphatic rings. The molecule has 1 aromatic heterocycles. The molecule has 0 amide bonds. The third-order valence-electron chi connectivity index (χ3n) is 3.98. The number of nitrogens with zero attached hydrogens (tertiary/aromatic N) is 2. The van der Waals surface area contributed by atoms with Gasteiger partial charge in [-0.1, -0.05) is 0 Å². The Morgan fingerprint density at radius 1 is 1.03 bits per heavy atom. The lowest BCUT2D eigenvalue weighted by atomic mass is 10.2. The van der Waals surface area contributed by atoms with Crippen molar-refractivity contribution in [1.82, 2.24) is 9.97 Å². The predicted octanol–water partition coefficient (Wildman–Crippen LogP) is 4.11. The molecule has 0 bridgehead atoms. The number of methoxy groups -OCH3 is 1. The molecule has 0 saturated carbocycles. The number of esters is 1. The molecule has 2 N–H and O–H groups in total. The van der Waals surface area contributed by atoms with E-state index < -0.39 is 18.2 Å². The van der Waals surface area contributed by atoms with Crippen LogP contribution in [0.15, 0.2) is 54.6 Å². The summed E-state index contributed by atoms with van der Waals surface area (Å²) in [6, 6.07) is 12.7. The summed E-state index contributed by atoms with van der Waals surface area (Å²) in [6.07, 6.45) is -1.54. The highest BCUT2D eigenvalue weighted by atomic mass is 19.1. The van der Waals surface area contributed by atoms with Crippen LogP contribution in [0.5, 0.6) is 17.4 Å². The summed E-state index contributed by atoms with van der Waals surface area (Å²) < 4.78 is 28.0. The van der Waals surface area contributed by atoms with Crippen LogP contribution in [0.4, 0.5) is 15.0 Å². The first kappa shape index (κ1) is 21.5. The van der Waals surface area contributed by atoms with Crippen LogP contribution < -0.4 is 14.8 Å². The fraction of sp³-hybridized carbons (Fsp3) is 0.143. The smallest absolute Gasteiger partial charge is 0.467 e. The molecule has 10 heteroatoms. The number of carboxylic acid groups (broad SMARTS) is 1. The molecular weight excluding hydrogens is 409 g/mol. The zero-order chi connectivity index (χ0) is 22.4. The molecule has 0 radical (unpaired) electrons. The van der Waals surface area contributed by atoms with Gasteiger partial charge < -0.3 is 24.6 Å². The Morgan fingerprint density at radius 2 is 1.65 bits per heavy atom. The highest BCUT2D eigenvalue weighted by molar-refractivity contribution is 5.78. The van der Waals surface area contributed by atoms with Crippen LogP contribution in [0, 0.1) is 5.82 Å². The molecule has 0 unspecified atom stereocenters. The molecule has 0 saturated heterocycles. The van der Waals surface area contributed by atoms with Crippen molar-refractivity contribution in [2.45, 2.75) is 13.0 Å². The molecule has 2 aromatic carbocycles. The van der Waals surface area contributed by atoms with Gasteiger partial charge in [0.1, 0.15) is 29.2 Å². The second-order valence-corrected chi connectivity index (χ2v) is 6.25. The van der Waals surface area contributed by atoms with Crippen molar-refractivity contribution in [1.29, 1.82) is 0 Å². The van der Waals surface area contributed by atoms with Gasteiger partial charge in [-0.3, -0.25) is 0 Å². The summed E-state index contributed by atoms with van der Waals surface area (Å²) in [5.74, 6) is 0.176. The molecule has 0 aliphatic heterocycles. The predicted molar refractivity (Wildman–Crippen MR) is 108 cm³/mol. The van der Waals surface area contributed by atoms with Gasteiger partial charge in [-0.05, 0) is 55.5 Å². The van der Waals surface area contributed by atoms with E-state index in [1.165, 1.54) is 37.4 Å². The fourth-order valence-electron chi connectivity index (χ4n) is 2.54. The van der Waals surface area contributed by atoms with Crippen molar-refractivity contribution in [2.75, 3.05) is 12.4 Å². The molecule has 1 heterocycles. The first-order valence-corrected chi connectivity index (χ1v) is 9.02. The normalized spacial score (nSPS) is 11.3. The minimum Gasteiger partial charge on any atom is -0.467 e. The Morgan fingerprint density at radius 3 is 2.23 bits per heavy atom. The molecule has 0 spiro atoms. The van der Waals surface area contributed by atoms with Gasteiger partial charge in [0.05, 0.1) is 7.11 Å². The maximum absolute atomic E-state index is 13.0. The number of aromatic nitrogens is 2. The molecule has 3 rings (SSSR count). The molecule has 0 aliphatic carbocycles. The number of hydrogen-bond donors (Lipinski definition) is 2. The first-order chi connectivity index (χ1) is 14.8. The summed E-state index contributed by atoms with van der Waals surface area (Å²) in [7, 11) is 1.25. The molecule has 9 nitrogen and oxygen atoms in total. The van der Waals surface area contributed by atoms with E-state index in [0.29, 0.717) is 17.1 Å². The van der Waals surface area contributed by atoms with Crippen LogP contribution >= 0.6 is 0 Å². The van der Waals surface area contributed by atoms with Gasteiger partial charge >= 0.3 is 12.1 Å². The number of rotatable bonds is 7. The maximum Gasteiger partial charge on any atom is 0.512 e. The summed E-state index contributed by atoms with van der Waals surface area (Å²) in [5.41, 5.74) is 0.538. The number of carbonyl (C=O) groups excluding carboxylic acids is 1. The first-order valence-electron chi connectivity index (χ1n) is 9.02. The van der Waals surface area contributed by atoms with E-state index in [2.05, 4.69) is 24.8 Å². The highest BCUT2D eigenvalue weighted by Crippen LogP contribution is 2.26. The lowest BCUT2D eigenvalue weighted by Gasteiger charge is -2.14. The molecular formula is C21H18FN3O6. The van der Waals surface area contributed by atoms with Crippen LogP contribution in [0.2, 0.25) is 0 Å². The number of halogens is 1. The van der Waals surface area contributed by atoms with Gasteiger partial charge in [0.2, 0.25) is 5.88 Å². The van der Waals surface area contributed by atoms with E-state index in [0.717, 1.165) is 0 Å². The lowest BCUT2D eigenvalue weighted by Crippen LogP contribution is -2.27. The van der Waals surface area contributed by atoms with E-state index in [9.17, 15) is 14.0 Å². The van der Waals surface area contributed by atoms with E-state index >= 15 is 0 Å². The van der Waals surface area contributed by atoms with E-state index in [1.54, 1.807) is 31.2 Å². The largest absolute Gasteiger partial charge is 0.512 e. The van der Waals surface area contributed by atoms with Gasteiger partial charge in [0.25, 0.3) is 0 Å². The topological polar surface area (TPSA) is 120 Å². The highest BCUT2D eigenvalue weighted by Gasteiger charge is 2.16. The monoisotopic (exact) mass is 427 g/mol. The second-order valence-electron chi connectivity index (χ2n) is 6.25. The summed E-state index contributed by atoms with van der Waals surface area (Å²) >= 11 is 0. The third-order valence-corrected chi connectivity index (χ3v) is 3.98. The van der Waals surface area contributed by atoms with Crippen LogP contribution in [-0.4, -0.2) is 40.4 Å². The van der Waals surface area contributed by atoms with Crippen molar-refractivity contribution in [3.8, 4) is 28.8 Å². The molecule has 160 valence electrons. The Labute approximate surface area is 176 Å². The van der Waals surface area contributed by atoms with Gasteiger partial charge in [0, 0.05) is 11.6 Å². The van der Waals surface area contributed by atoms with Crippen LogP contribution in [-0.2, 0) is 9.53 Å². The van der Waals surface area contributed by atoms with Crippen LogP contribution in [0.25, 0.3) is 11.4 Å². The quantitative estimate of drug-likeness (QED) is 0.537. The molecule has 3 aromatic rings. The number of benzene rings is 2. The van der Waals surface area contributed by atoms with E-state index in [1.807, 2.05) is 0 Å². The standard InChI is InChI=1S/C21H18FN3O6/c1-12(20(26)29-2)23-17-11-18(31-21(27)28)25-19(24-17)13-3-7-15(8-4-13)30-16-9-5-14(22)6-10-16/h3-12H,1-2H3,(H,27,28)(H,23,24,25)/t12-/m0/s1. The van der Waals surface area contributed by atoms with Crippen molar-refractivity contribution in [3.63, 3.8) is 0 Å².